The standard InChI is InChI=1S/C15H18N4O.ClH/c16-11-13-10-14(12-4-2-1-3-5-12)18-15(17-13)19-6-8-20-9-7-19;/h1-5,10H,6-9,11,16H2;1H. The van der Waals surface area contributed by atoms with E-state index >= 15 is 0 Å². The molecule has 1 aliphatic rings. The van der Waals surface area contributed by atoms with Gasteiger partial charge in [0, 0.05) is 25.2 Å². The van der Waals surface area contributed by atoms with Gasteiger partial charge in [-0.2, -0.15) is 0 Å². The number of morpholine rings is 1. The molecule has 1 aromatic heterocycles. The van der Waals surface area contributed by atoms with Gasteiger partial charge >= 0.3 is 0 Å². The molecule has 2 heterocycles. The summed E-state index contributed by atoms with van der Waals surface area (Å²) in [5, 5.41) is 0. The predicted octanol–water partition coefficient (Wildman–Crippen LogP) is 1.86. The lowest BCUT2D eigenvalue weighted by Crippen LogP contribution is -2.37. The highest BCUT2D eigenvalue weighted by Gasteiger charge is 2.15. The van der Waals surface area contributed by atoms with Gasteiger partial charge in [0.15, 0.2) is 0 Å². The quantitative estimate of drug-likeness (QED) is 0.937. The Kier molecular flexibility index (Phi) is 5.50. The molecule has 2 aromatic rings. The van der Waals surface area contributed by atoms with Crippen LogP contribution in [0, 0.1) is 0 Å². The average molecular weight is 307 g/mol. The third-order valence-electron chi connectivity index (χ3n) is 3.34. The lowest BCUT2D eigenvalue weighted by atomic mass is 10.1. The van der Waals surface area contributed by atoms with Crippen LogP contribution in [0.25, 0.3) is 11.3 Å². The second-order valence-electron chi connectivity index (χ2n) is 4.71. The number of ether oxygens (including phenoxy) is 1. The van der Waals surface area contributed by atoms with Crippen molar-refractivity contribution in [1.82, 2.24) is 9.97 Å². The van der Waals surface area contributed by atoms with Crippen molar-refractivity contribution in [2.24, 2.45) is 5.73 Å². The molecule has 1 fully saturated rings. The molecule has 1 aliphatic heterocycles. The Morgan fingerprint density at radius 1 is 1.10 bits per heavy atom. The van der Waals surface area contributed by atoms with Gasteiger partial charge < -0.3 is 15.4 Å². The Balaban J connectivity index is 0.00000161. The van der Waals surface area contributed by atoms with E-state index in [-0.39, 0.29) is 12.4 Å². The summed E-state index contributed by atoms with van der Waals surface area (Å²) in [6.07, 6.45) is 0. The minimum absolute atomic E-state index is 0. The van der Waals surface area contributed by atoms with Crippen molar-refractivity contribution in [2.45, 2.75) is 6.54 Å². The Morgan fingerprint density at radius 3 is 2.48 bits per heavy atom. The molecule has 0 spiro atoms. The first-order valence-electron chi connectivity index (χ1n) is 6.83. The van der Waals surface area contributed by atoms with Crippen molar-refractivity contribution in [2.75, 3.05) is 31.2 Å². The number of aromatic nitrogens is 2. The van der Waals surface area contributed by atoms with Crippen molar-refractivity contribution in [3.05, 3.63) is 42.1 Å². The van der Waals surface area contributed by atoms with Crippen LogP contribution >= 0.6 is 12.4 Å². The van der Waals surface area contributed by atoms with Crippen molar-refractivity contribution < 1.29 is 4.74 Å². The van der Waals surface area contributed by atoms with Gasteiger partial charge in [0.05, 0.1) is 24.6 Å². The van der Waals surface area contributed by atoms with Crippen LogP contribution in [-0.2, 0) is 11.3 Å². The summed E-state index contributed by atoms with van der Waals surface area (Å²) in [5.41, 5.74) is 8.62. The van der Waals surface area contributed by atoms with Crippen molar-refractivity contribution >= 4 is 18.4 Å². The number of halogens is 1. The summed E-state index contributed by atoms with van der Waals surface area (Å²) in [4.78, 5) is 11.4. The Labute approximate surface area is 130 Å². The fraction of sp³-hybridized carbons (Fsp3) is 0.333. The third-order valence-corrected chi connectivity index (χ3v) is 3.34. The lowest BCUT2D eigenvalue weighted by molar-refractivity contribution is 0.122. The van der Waals surface area contributed by atoms with E-state index in [1.54, 1.807) is 0 Å². The molecule has 6 heteroatoms. The van der Waals surface area contributed by atoms with E-state index in [1.165, 1.54) is 0 Å². The Morgan fingerprint density at radius 2 is 1.81 bits per heavy atom. The molecular weight excluding hydrogens is 288 g/mol. The van der Waals surface area contributed by atoms with E-state index in [0.29, 0.717) is 6.54 Å². The highest BCUT2D eigenvalue weighted by atomic mass is 35.5. The van der Waals surface area contributed by atoms with Gasteiger partial charge in [-0.1, -0.05) is 30.3 Å². The topological polar surface area (TPSA) is 64.3 Å². The van der Waals surface area contributed by atoms with Crippen LogP contribution < -0.4 is 10.6 Å². The first-order valence-corrected chi connectivity index (χ1v) is 6.83. The second kappa shape index (κ2) is 7.36. The third kappa shape index (κ3) is 3.69. The molecule has 21 heavy (non-hydrogen) atoms. The average Bonchev–Trinajstić information content (AvgIpc) is 2.56. The van der Waals surface area contributed by atoms with Crippen LogP contribution in [0.4, 0.5) is 5.95 Å². The number of nitrogens with zero attached hydrogens (tertiary/aromatic N) is 3. The predicted molar refractivity (Wildman–Crippen MR) is 85.6 cm³/mol. The van der Waals surface area contributed by atoms with Crippen LogP contribution in [0.2, 0.25) is 0 Å². The summed E-state index contributed by atoms with van der Waals surface area (Å²) >= 11 is 0. The molecule has 0 saturated carbocycles. The van der Waals surface area contributed by atoms with Gasteiger partial charge in [-0.05, 0) is 6.07 Å². The fourth-order valence-electron chi connectivity index (χ4n) is 2.25. The number of hydrogen-bond acceptors (Lipinski definition) is 5. The summed E-state index contributed by atoms with van der Waals surface area (Å²) in [6.45, 7) is 3.50. The first kappa shape index (κ1) is 15.7. The van der Waals surface area contributed by atoms with E-state index in [9.17, 15) is 0 Å². The molecule has 0 aliphatic carbocycles. The van der Waals surface area contributed by atoms with Crippen LogP contribution in [0.15, 0.2) is 36.4 Å². The molecule has 0 atom stereocenters. The number of nitrogens with two attached hydrogens (primary N) is 1. The molecule has 5 nitrogen and oxygen atoms in total. The fourth-order valence-corrected chi connectivity index (χ4v) is 2.25. The SMILES string of the molecule is Cl.NCc1cc(-c2ccccc2)nc(N2CCOCC2)n1. The molecule has 3 rings (SSSR count). The zero-order valence-corrected chi connectivity index (χ0v) is 12.6. The number of benzene rings is 1. The Bertz CT molecular complexity index is 573. The molecule has 0 unspecified atom stereocenters. The number of rotatable bonds is 3. The number of anilines is 1. The molecular formula is C15H19ClN4O. The maximum absolute atomic E-state index is 5.76. The smallest absolute Gasteiger partial charge is 0.226 e. The summed E-state index contributed by atoms with van der Waals surface area (Å²) in [5.74, 6) is 0.745. The van der Waals surface area contributed by atoms with E-state index in [4.69, 9.17) is 10.5 Å². The van der Waals surface area contributed by atoms with Gasteiger partial charge in [-0.15, -0.1) is 12.4 Å². The van der Waals surface area contributed by atoms with Crippen LogP contribution in [0.3, 0.4) is 0 Å². The maximum atomic E-state index is 5.76. The minimum atomic E-state index is 0. The zero-order chi connectivity index (χ0) is 13.8. The van der Waals surface area contributed by atoms with Crippen LogP contribution in [0.1, 0.15) is 5.69 Å². The first-order chi connectivity index (χ1) is 9.86. The molecule has 1 aromatic carbocycles. The molecule has 2 N–H and O–H groups in total. The molecule has 1 saturated heterocycles. The second-order valence-corrected chi connectivity index (χ2v) is 4.71. The lowest BCUT2D eigenvalue weighted by Gasteiger charge is -2.27. The summed E-state index contributed by atoms with van der Waals surface area (Å²) < 4.78 is 5.37. The van der Waals surface area contributed by atoms with Crippen molar-refractivity contribution in [3.8, 4) is 11.3 Å². The molecule has 112 valence electrons. The van der Waals surface area contributed by atoms with Crippen LogP contribution in [-0.4, -0.2) is 36.3 Å². The van der Waals surface area contributed by atoms with E-state index in [1.807, 2.05) is 36.4 Å². The molecule has 0 amide bonds. The minimum Gasteiger partial charge on any atom is -0.378 e. The van der Waals surface area contributed by atoms with Gasteiger partial charge in [0.25, 0.3) is 0 Å². The number of hydrogen-bond donors (Lipinski definition) is 1. The maximum Gasteiger partial charge on any atom is 0.226 e. The zero-order valence-electron chi connectivity index (χ0n) is 11.7. The van der Waals surface area contributed by atoms with Gasteiger partial charge in [0.2, 0.25) is 5.95 Å². The Hall–Kier alpha value is -1.69. The monoisotopic (exact) mass is 306 g/mol. The normalized spacial score (nSPS) is 14.6. The van der Waals surface area contributed by atoms with E-state index < -0.39 is 0 Å². The van der Waals surface area contributed by atoms with Crippen LogP contribution in [0.5, 0.6) is 0 Å². The van der Waals surface area contributed by atoms with E-state index in [0.717, 1.165) is 49.2 Å². The van der Waals surface area contributed by atoms with Gasteiger partial charge in [-0.25, -0.2) is 9.97 Å². The summed E-state index contributed by atoms with van der Waals surface area (Å²) in [6, 6.07) is 12.1. The molecule has 0 radical (unpaired) electrons. The summed E-state index contributed by atoms with van der Waals surface area (Å²) in [7, 11) is 0. The van der Waals surface area contributed by atoms with Crippen molar-refractivity contribution in [1.29, 1.82) is 0 Å². The van der Waals surface area contributed by atoms with Gasteiger partial charge in [-0.3, -0.25) is 0 Å². The molecule has 0 bridgehead atoms. The highest BCUT2D eigenvalue weighted by Crippen LogP contribution is 2.21. The largest absolute Gasteiger partial charge is 0.378 e. The van der Waals surface area contributed by atoms with Crippen molar-refractivity contribution in [3.63, 3.8) is 0 Å². The highest BCUT2D eigenvalue weighted by molar-refractivity contribution is 5.85. The van der Waals surface area contributed by atoms with Gasteiger partial charge in [0.1, 0.15) is 0 Å². The van der Waals surface area contributed by atoms with E-state index in [2.05, 4.69) is 14.9 Å².